The van der Waals surface area contributed by atoms with Gasteiger partial charge in [-0.05, 0) is 17.7 Å². The zero-order chi connectivity index (χ0) is 12.1. The molecule has 1 heterocycles. The van der Waals surface area contributed by atoms with Gasteiger partial charge in [0.1, 0.15) is 5.82 Å². The average molecular weight is 256 g/mol. The maximum absolute atomic E-state index is 12.7. The van der Waals surface area contributed by atoms with Gasteiger partial charge in [0.15, 0.2) is 0 Å². The van der Waals surface area contributed by atoms with Gasteiger partial charge in [-0.3, -0.25) is 0 Å². The van der Waals surface area contributed by atoms with Crippen molar-refractivity contribution in [2.45, 2.75) is 13.0 Å². The molecule has 0 saturated heterocycles. The van der Waals surface area contributed by atoms with Crippen LogP contribution in [0, 0.1) is 5.82 Å². The quantitative estimate of drug-likeness (QED) is 0.835. The predicted molar refractivity (Wildman–Crippen MR) is 62.4 cm³/mol. The number of nitrogens with zero attached hydrogens (tertiary/aromatic N) is 2. The van der Waals surface area contributed by atoms with Gasteiger partial charge in [0, 0.05) is 18.8 Å². The van der Waals surface area contributed by atoms with E-state index in [4.69, 9.17) is 16.0 Å². The molecule has 0 aliphatic rings. The van der Waals surface area contributed by atoms with E-state index in [1.54, 1.807) is 12.1 Å². The number of aryl methyl sites for hydroxylation is 1. The monoisotopic (exact) mass is 255 g/mol. The largest absolute Gasteiger partial charge is 0.408 e. The summed E-state index contributed by atoms with van der Waals surface area (Å²) >= 11 is 5.55. The van der Waals surface area contributed by atoms with Crippen LogP contribution in [0.1, 0.15) is 11.5 Å². The Kier molecular flexibility index (Phi) is 3.93. The first-order valence-corrected chi connectivity index (χ1v) is 5.68. The minimum absolute atomic E-state index is 0.254. The lowest BCUT2D eigenvalue weighted by Crippen LogP contribution is -1.99. The molecule has 4 nitrogen and oxygen atoms in total. The van der Waals surface area contributed by atoms with E-state index in [1.165, 1.54) is 12.1 Å². The van der Waals surface area contributed by atoms with Gasteiger partial charge in [-0.15, -0.1) is 16.7 Å². The summed E-state index contributed by atoms with van der Waals surface area (Å²) in [6.45, 7) is 0.503. The number of hydrogen-bond acceptors (Lipinski definition) is 4. The van der Waals surface area contributed by atoms with E-state index in [0.717, 1.165) is 5.56 Å². The topological polar surface area (TPSA) is 51.0 Å². The third-order valence-electron chi connectivity index (χ3n) is 2.13. The fraction of sp³-hybridized carbons (Fsp3) is 0.273. The van der Waals surface area contributed by atoms with Crippen molar-refractivity contribution in [1.29, 1.82) is 0 Å². The minimum atomic E-state index is -0.254. The molecule has 90 valence electrons. The summed E-state index contributed by atoms with van der Waals surface area (Å²) in [5, 5.41) is 10.6. The number of rotatable bonds is 5. The molecule has 1 aromatic heterocycles. The highest BCUT2D eigenvalue weighted by molar-refractivity contribution is 6.17. The van der Waals surface area contributed by atoms with Gasteiger partial charge >= 0.3 is 6.01 Å². The summed E-state index contributed by atoms with van der Waals surface area (Å²) in [5.74, 6) is 0.692. The number of anilines is 1. The molecule has 0 fully saturated rings. The molecular formula is C11H11ClFN3O. The highest BCUT2D eigenvalue weighted by Crippen LogP contribution is 2.09. The summed E-state index contributed by atoms with van der Waals surface area (Å²) in [5.41, 5.74) is 0.934. The van der Waals surface area contributed by atoms with Crippen LogP contribution in [0.4, 0.5) is 10.4 Å². The number of benzene rings is 1. The molecule has 6 heteroatoms. The number of aromatic nitrogens is 2. The molecular weight excluding hydrogens is 245 g/mol. The normalized spacial score (nSPS) is 10.5. The second-order valence-corrected chi connectivity index (χ2v) is 3.80. The maximum Gasteiger partial charge on any atom is 0.315 e. The molecule has 0 amide bonds. The Morgan fingerprint density at radius 2 is 2.00 bits per heavy atom. The van der Waals surface area contributed by atoms with Crippen molar-refractivity contribution in [1.82, 2.24) is 10.2 Å². The van der Waals surface area contributed by atoms with E-state index in [9.17, 15) is 4.39 Å². The molecule has 0 bridgehead atoms. The van der Waals surface area contributed by atoms with Crippen molar-refractivity contribution in [3.8, 4) is 0 Å². The number of hydrogen-bond donors (Lipinski definition) is 1. The van der Waals surface area contributed by atoms with Crippen LogP contribution >= 0.6 is 11.6 Å². The lowest BCUT2D eigenvalue weighted by Gasteiger charge is -2.00. The average Bonchev–Trinajstić information content (AvgIpc) is 2.77. The van der Waals surface area contributed by atoms with Crippen molar-refractivity contribution >= 4 is 17.6 Å². The molecule has 17 heavy (non-hydrogen) atoms. The Balaban J connectivity index is 1.90. The van der Waals surface area contributed by atoms with Gasteiger partial charge in [0.05, 0.1) is 0 Å². The molecule has 0 radical (unpaired) electrons. The van der Waals surface area contributed by atoms with E-state index in [0.29, 0.717) is 30.8 Å². The van der Waals surface area contributed by atoms with Crippen LogP contribution < -0.4 is 5.32 Å². The maximum atomic E-state index is 12.7. The molecule has 1 N–H and O–H groups in total. The van der Waals surface area contributed by atoms with E-state index < -0.39 is 0 Å². The number of halogens is 2. The Morgan fingerprint density at radius 3 is 2.71 bits per heavy atom. The second-order valence-electron chi connectivity index (χ2n) is 3.42. The third kappa shape index (κ3) is 3.42. The van der Waals surface area contributed by atoms with Gasteiger partial charge < -0.3 is 9.73 Å². The van der Waals surface area contributed by atoms with Crippen molar-refractivity contribution in [2.24, 2.45) is 0 Å². The first kappa shape index (κ1) is 11.9. The van der Waals surface area contributed by atoms with E-state index in [-0.39, 0.29) is 5.82 Å². The predicted octanol–water partition coefficient (Wildman–Crippen LogP) is 2.60. The molecule has 1 aromatic carbocycles. The van der Waals surface area contributed by atoms with E-state index >= 15 is 0 Å². The highest BCUT2D eigenvalue weighted by Gasteiger charge is 2.04. The van der Waals surface area contributed by atoms with Crippen LogP contribution in [0.2, 0.25) is 0 Å². The Labute approximate surface area is 103 Å². The van der Waals surface area contributed by atoms with Gasteiger partial charge in [-0.1, -0.05) is 17.2 Å². The van der Waals surface area contributed by atoms with Crippen LogP contribution in [0.3, 0.4) is 0 Å². The molecule has 0 spiro atoms. The van der Waals surface area contributed by atoms with E-state index in [1.807, 2.05) is 0 Å². The molecule has 2 rings (SSSR count). The summed E-state index contributed by atoms with van der Waals surface area (Å²) in [6, 6.07) is 6.54. The molecule has 0 saturated carbocycles. The van der Waals surface area contributed by atoms with Crippen LogP contribution in [-0.4, -0.2) is 16.1 Å². The Morgan fingerprint density at radius 1 is 1.24 bits per heavy atom. The molecule has 0 aliphatic heterocycles. The van der Waals surface area contributed by atoms with Gasteiger partial charge in [-0.25, -0.2) is 4.39 Å². The molecule has 2 aromatic rings. The van der Waals surface area contributed by atoms with Crippen molar-refractivity contribution in [3.05, 3.63) is 41.5 Å². The molecule has 0 unspecified atom stereocenters. The number of alkyl halides is 1. The van der Waals surface area contributed by atoms with Gasteiger partial charge in [0.25, 0.3) is 0 Å². The molecule has 0 aliphatic carbocycles. The second kappa shape index (κ2) is 5.63. The Bertz CT molecular complexity index is 472. The van der Waals surface area contributed by atoms with Crippen LogP contribution in [0.15, 0.2) is 28.7 Å². The minimum Gasteiger partial charge on any atom is -0.408 e. The van der Waals surface area contributed by atoms with Crippen LogP contribution in [0.5, 0.6) is 0 Å². The first-order valence-electron chi connectivity index (χ1n) is 5.14. The lowest BCUT2D eigenvalue weighted by atomic mass is 10.2. The van der Waals surface area contributed by atoms with Crippen LogP contribution in [0.25, 0.3) is 0 Å². The summed E-state index contributed by atoms with van der Waals surface area (Å²) in [7, 11) is 0. The van der Waals surface area contributed by atoms with Gasteiger partial charge in [-0.2, -0.15) is 0 Å². The zero-order valence-corrected chi connectivity index (χ0v) is 9.75. The zero-order valence-electron chi connectivity index (χ0n) is 8.99. The number of nitrogens with one attached hydrogen (secondary N) is 1. The Hall–Kier alpha value is -1.62. The van der Waals surface area contributed by atoms with Crippen molar-refractivity contribution < 1.29 is 8.81 Å². The fourth-order valence-electron chi connectivity index (χ4n) is 1.29. The summed E-state index contributed by atoms with van der Waals surface area (Å²) in [4.78, 5) is 0. The van der Waals surface area contributed by atoms with E-state index in [2.05, 4.69) is 15.5 Å². The van der Waals surface area contributed by atoms with Crippen molar-refractivity contribution in [2.75, 3.05) is 11.2 Å². The lowest BCUT2D eigenvalue weighted by molar-refractivity contribution is 0.512. The smallest absolute Gasteiger partial charge is 0.315 e. The highest BCUT2D eigenvalue weighted by atomic mass is 35.5. The first-order chi connectivity index (χ1) is 8.28. The summed E-state index contributed by atoms with van der Waals surface area (Å²) in [6.07, 6.45) is 0.548. The van der Waals surface area contributed by atoms with Gasteiger partial charge in [0.2, 0.25) is 5.89 Å². The standard InChI is InChI=1S/C11H11ClFN3O/c12-6-5-10-15-16-11(17-10)14-7-8-1-3-9(13)4-2-8/h1-4H,5-7H2,(H,14,16). The fourth-order valence-corrected chi connectivity index (χ4v) is 1.45. The molecule has 0 atom stereocenters. The van der Waals surface area contributed by atoms with Crippen molar-refractivity contribution in [3.63, 3.8) is 0 Å². The SMILES string of the molecule is Fc1ccc(CNc2nnc(CCCl)o2)cc1. The third-order valence-corrected chi connectivity index (χ3v) is 2.32. The summed E-state index contributed by atoms with van der Waals surface area (Å²) < 4.78 is 17.9. The van der Waals surface area contributed by atoms with Crippen LogP contribution in [-0.2, 0) is 13.0 Å².